The normalized spacial score (nSPS) is 23.4. The molecule has 3 rings (SSSR count). The van der Waals surface area contributed by atoms with Gasteiger partial charge in [0.05, 0.1) is 19.3 Å². The topological polar surface area (TPSA) is 28.6 Å². The second-order valence-corrected chi connectivity index (χ2v) is 6.46. The Morgan fingerprint density at radius 3 is 2.95 bits per heavy atom. The van der Waals surface area contributed by atoms with Crippen LogP contribution in [0.5, 0.6) is 0 Å². The van der Waals surface area contributed by atoms with Crippen LogP contribution in [-0.2, 0) is 11.3 Å². The zero-order valence-corrected chi connectivity index (χ0v) is 12.4. The molecule has 3 heterocycles. The van der Waals surface area contributed by atoms with Gasteiger partial charge in [0, 0.05) is 36.3 Å². The fourth-order valence-electron chi connectivity index (χ4n) is 2.77. The van der Waals surface area contributed by atoms with Gasteiger partial charge in [-0.25, -0.2) is 4.98 Å². The third-order valence-electron chi connectivity index (χ3n) is 3.68. The molecule has 0 spiro atoms. The van der Waals surface area contributed by atoms with Gasteiger partial charge in [-0.2, -0.15) is 13.2 Å². The highest BCUT2D eigenvalue weighted by atomic mass is 32.2. The maximum atomic E-state index is 12.5. The van der Waals surface area contributed by atoms with Gasteiger partial charge < -0.3 is 14.5 Å². The number of piperazine rings is 1. The third kappa shape index (κ3) is 3.44. The molecule has 0 aromatic carbocycles. The summed E-state index contributed by atoms with van der Waals surface area (Å²) in [7, 11) is 2.06. The van der Waals surface area contributed by atoms with Crippen molar-refractivity contribution in [3.63, 3.8) is 0 Å². The Balaban J connectivity index is 1.87. The van der Waals surface area contributed by atoms with E-state index in [1.807, 2.05) is 0 Å². The average molecular weight is 319 g/mol. The Kier molecular flexibility index (Phi) is 4.02. The number of hydrogen-bond donors (Lipinski definition) is 0. The summed E-state index contributed by atoms with van der Waals surface area (Å²) < 4.78 is 43.0. The van der Waals surface area contributed by atoms with E-state index in [9.17, 15) is 13.2 Å². The van der Waals surface area contributed by atoms with E-state index >= 15 is 0 Å². The van der Waals surface area contributed by atoms with Crippen molar-refractivity contribution in [2.24, 2.45) is 0 Å². The molecule has 1 aromatic rings. The van der Waals surface area contributed by atoms with Crippen LogP contribution in [0.25, 0.3) is 0 Å². The van der Waals surface area contributed by atoms with Crippen LogP contribution in [0.4, 0.5) is 19.0 Å². The van der Waals surface area contributed by atoms with Gasteiger partial charge in [-0.05, 0) is 24.9 Å². The molecule has 0 bridgehead atoms. The van der Waals surface area contributed by atoms with Crippen molar-refractivity contribution in [1.29, 1.82) is 0 Å². The molecule has 1 saturated heterocycles. The predicted octanol–water partition coefficient (Wildman–Crippen LogP) is 2.34. The van der Waals surface area contributed by atoms with Crippen molar-refractivity contribution >= 4 is 17.6 Å². The lowest BCUT2D eigenvalue weighted by molar-refractivity contribution is -0.0328. The van der Waals surface area contributed by atoms with Crippen molar-refractivity contribution in [3.8, 4) is 0 Å². The minimum atomic E-state index is -4.29. The van der Waals surface area contributed by atoms with Gasteiger partial charge in [0.15, 0.2) is 0 Å². The Morgan fingerprint density at radius 1 is 1.38 bits per heavy atom. The molecule has 1 unspecified atom stereocenters. The summed E-state index contributed by atoms with van der Waals surface area (Å²) in [6.45, 7) is 3.49. The SMILES string of the molecule is CN1CCN2c3ncc(SC(F)(F)F)cc3COCC2C1. The summed E-state index contributed by atoms with van der Waals surface area (Å²) in [5.74, 6) is 0.761. The first-order chi connectivity index (χ1) is 9.92. The van der Waals surface area contributed by atoms with Crippen LogP contribution < -0.4 is 4.90 Å². The van der Waals surface area contributed by atoms with Crippen LogP contribution in [0.2, 0.25) is 0 Å². The number of ether oxygens (including phenoxy) is 1. The van der Waals surface area contributed by atoms with E-state index in [2.05, 4.69) is 21.8 Å². The number of pyridine rings is 1. The predicted molar refractivity (Wildman–Crippen MR) is 74.4 cm³/mol. The fourth-order valence-corrected chi connectivity index (χ4v) is 3.35. The van der Waals surface area contributed by atoms with Crippen molar-refractivity contribution in [2.45, 2.75) is 23.1 Å². The van der Waals surface area contributed by atoms with Crippen LogP contribution >= 0.6 is 11.8 Å². The number of thioether (sulfide) groups is 1. The zero-order valence-electron chi connectivity index (χ0n) is 11.6. The van der Waals surface area contributed by atoms with Crippen LogP contribution in [0.3, 0.4) is 0 Å². The summed E-state index contributed by atoms with van der Waals surface area (Å²) in [6.07, 6.45) is 1.30. The quantitative estimate of drug-likeness (QED) is 0.741. The molecule has 0 amide bonds. The number of alkyl halides is 3. The largest absolute Gasteiger partial charge is 0.446 e. The highest BCUT2D eigenvalue weighted by molar-refractivity contribution is 8.00. The van der Waals surface area contributed by atoms with Crippen molar-refractivity contribution in [2.75, 3.05) is 38.2 Å². The number of halogens is 3. The molecule has 4 nitrogen and oxygen atoms in total. The number of anilines is 1. The molecule has 0 radical (unpaired) electrons. The second-order valence-electron chi connectivity index (χ2n) is 5.33. The number of likely N-dealkylation sites (N-methyl/N-ethyl adjacent to an activating group) is 1. The summed E-state index contributed by atoms with van der Waals surface area (Å²) in [5, 5.41) is 0. The summed E-state index contributed by atoms with van der Waals surface area (Å²) in [4.78, 5) is 8.77. The molecule has 116 valence electrons. The van der Waals surface area contributed by atoms with E-state index in [0.717, 1.165) is 31.0 Å². The molecule has 0 N–H and O–H groups in total. The Labute approximate surface area is 125 Å². The van der Waals surface area contributed by atoms with E-state index in [0.29, 0.717) is 13.2 Å². The van der Waals surface area contributed by atoms with E-state index < -0.39 is 5.51 Å². The van der Waals surface area contributed by atoms with Crippen molar-refractivity contribution in [3.05, 3.63) is 17.8 Å². The molecular formula is C13H16F3N3OS. The second kappa shape index (κ2) is 5.66. The van der Waals surface area contributed by atoms with Crippen LogP contribution in [-0.4, -0.2) is 54.7 Å². The van der Waals surface area contributed by atoms with E-state index in [1.165, 1.54) is 6.20 Å². The summed E-state index contributed by atoms with van der Waals surface area (Å²) in [5.41, 5.74) is -3.56. The van der Waals surface area contributed by atoms with E-state index in [4.69, 9.17) is 4.74 Å². The van der Waals surface area contributed by atoms with Gasteiger partial charge >= 0.3 is 5.51 Å². The molecular weight excluding hydrogens is 303 g/mol. The number of aromatic nitrogens is 1. The molecule has 1 atom stereocenters. The maximum absolute atomic E-state index is 12.5. The monoisotopic (exact) mass is 319 g/mol. The Hall–Kier alpha value is -0.990. The minimum Gasteiger partial charge on any atom is -0.374 e. The summed E-state index contributed by atoms with van der Waals surface area (Å²) >= 11 is -0.135. The lowest BCUT2D eigenvalue weighted by Crippen LogP contribution is -2.53. The van der Waals surface area contributed by atoms with Gasteiger partial charge in [0.2, 0.25) is 0 Å². The van der Waals surface area contributed by atoms with Crippen molar-refractivity contribution in [1.82, 2.24) is 9.88 Å². The number of fused-ring (bicyclic) bond motifs is 3. The lowest BCUT2D eigenvalue weighted by atomic mass is 10.1. The zero-order chi connectivity index (χ0) is 15.0. The molecule has 1 aromatic heterocycles. The maximum Gasteiger partial charge on any atom is 0.446 e. The van der Waals surface area contributed by atoms with Crippen LogP contribution in [0.1, 0.15) is 5.56 Å². The third-order valence-corrected chi connectivity index (χ3v) is 4.37. The van der Waals surface area contributed by atoms with Crippen LogP contribution in [0, 0.1) is 0 Å². The van der Waals surface area contributed by atoms with E-state index in [1.54, 1.807) is 6.07 Å². The molecule has 21 heavy (non-hydrogen) atoms. The first-order valence-corrected chi connectivity index (χ1v) is 7.51. The first-order valence-electron chi connectivity index (χ1n) is 6.70. The van der Waals surface area contributed by atoms with E-state index in [-0.39, 0.29) is 22.7 Å². The van der Waals surface area contributed by atoms with Gasteiger partial charge in [-0.3, -0.25) is 0 Å². The number of rotatable bonds is 1. The molecule has 2 aliphatic rings. The van der Waals surface area contributed by atoms with Gasteiger partial charge in [-0.15, -0.1) is 0 Å². The fraction of sp³-hybridized carbons (Fsp3) is 0.615. The first kappa shape index (κ1) is 14.9. The lowest BCUT2D eigenvalue weighted by Gasteiger charge is -2.39. The Bertz CT molecular complexity index is 526. The highest BCUT2D eigenvalue weighted by Crippen LogP contribution is 2.38. The molecule has 0 aliphatic carbocycles. The number of nitrogens with zero attached hydrogens (tertiary/aromatic N) is 3. The highest BCUT2D eigenvalue weighted by Gasteiger charge is 2.32. The summed E-state index contributed by atoms with van der Waals surface area (Å²) in [6, 6.07) is 1.75. The molecule has 0 saturated carbocycles. The van der Waals surface area contributed by atoms with Gasteiger partial charge in [0.1, 0.15) is 5.82 Å². The number of hydrogen-bond acceptors (Lipinski definition) is 5. The minimum absolute atomic E-state index is 0.109. The van der Waals surface area contributed by atoms with Crippen LogP contribution in [0.15, 0.2) is 17.2 Å². The molecule has 8 heteroatoms. The van der Waals surface area contributed by atoms with Crippen molar-refractivity contribution < 1.29 is 17.9 Å². The Morgan fingerprint density at radius 2 is 2.19 bits per heavy atom. The van der Waals surface area contributed by atoms with Gasteiger partial charge in [0.25, 0.3) is 0 Å². The smallest absolute Gasteiger partial charge is 0.374 e. The van der Waals surface area contributed by atoms with Gasteiger partial charge in [-0.1, -0.05) is 0 Å². The molecule has 2 aliphatic heterocycles. The molecule has 1 fully saturated rings. The standard InChI is InChI=1S/C13H16F3N3OS/c1-18-2-3-19-10(6-18)8-20-7-9-4-11(5-17-12(9)19)21-13(14,15)16/h4-5,10H,2-3,6-8H2,1H3. The average Bonchev–Trinajstić information content (AvgIpc) is 2.55.